The molecule has 0 atom stereocenters. The number of hydrogen-bond donors (Lipinski definition) is 2. The fourth-order valence-electron chi connectivity index (χ4n) is 2.45. The van der Waals surface area contributed by atoms with E-state index < -0.39 is 0 Å². The third-order valence-electron chi connectivity index (χ3n) is 3.65. The van der Waals surface area contributed by atoms with E-state index in [-0.39, 0.29) is 18.1 Å². The molecule has 25 heavy (non-hydrogen) atoms. The average molecular weight is 338 g/mol. The molecule has 0 unspecified atom stereocenters. The summed E-state index contributed by atoms with van der Waals surface area (Å²) in [4.78, 5) is 24.9. The minimum atomic E-state index is -0.0862. The molecule has 128 valence electrons. The number of carbonyl (C=O) groups excluding carboxylic acids is 1. The number of phenolic OH excluding ortho intramolecular Hbond substituents is 1. The summed E-state index contributed by atoms with van der Waals surface area (Å²) in [7, 11) is 1.49. The van der Waals surface area contributed by atoms with Crippen molar-refractivity contribution in [2.75, 3.05) is 13.7 Å². The number of nitrogens with one attached hydrogen (secondary N) is 1. The van der Waals surface area contributed by atoms with Crippen LogP contribution in [-0.4, -0.2) is 39.6 Å². The quantitative estimate of drug-likeness (QED) is 0.739. The first-order chi connectivity index (χ1) is 12.1. The van der Waals surface area contributed by atoms with Gasteiger partial charge in [0.1, 0.15) is 5.52 Å². The summed E-state index contributed by atoms with van der Waals surface area (Å²) in [5, 5.41) is 12.4. The number of hydrogen-bond acceptors (Lipinski definition) is 6. The Balaban J connectivity index is 1.91. The molecule has 7 nitrogen and oxygen atoms in total. The van der Waals surface area contributed by atoms with E-state index in [1.54, 1.807) is 24.4 Å². The van der Waals surface area contributed by atoms with E-state index in [1.807, 2.05) is 19.1 Å². The van der Waals surface area contributed by atoms with Crippen LogP contribution in [0, 0.1) is 0 Å². The summed E-state index contributed by atoms with van der Waals surface area (Å²) < 4.78 is 5.12. The van der Waals surface area contributed by atoms with Crippen LogP contribution < -0.4 is 10.1 Å². The molecule has 0 fully saturated rings. The van der Waals surface area contributed by atoms with Gasteiger partial charge in [0, 0.05) is 12.1 Å². The van der Waals surface area contributed by atoms with Crippen molar-refractivity contribution >= 4 is 17.1 Å². The molecular formula is C18H18N4O3. The van der Waals surface area contributed by atoms with Crippen molar-refractivity contribution in [2.45, 2.75) is 13.3 Å². The molecule has 0 spiro atoms. The summed E-state index contributed by atoms with van der Waals surface area (Å²) in [5.41, 5.74) is 3.20. The smallest absolute Gasteiger partial charge is 0.226 e. The number of fused-ring (bicyclic) bond motifs is 1. The van der Waals surface area contributed by atoms with Gasteiger partial charge in [-0.2, -0.15) is 0 Å². The van der Waals surface area contributed by atoms with Gasteiger partial charge in [-0.25, -0.2) is 15.0 Å². The SMILES string of the molecule is CCNC(=O)Cc1cnc2nc(-c3ccc(O)c(OC)c3)ccc2n1. The molecule has 2 N–H and O–H groups in total. The fraction of sp³-hybridized carbons (Fsp3) is 0.222. The molecule has 2 aromatic heterocycles. The van der Waals surface area contributed by atoms with Gasteiger partial charge in [-0.3, -0.25) is 4.79 Å². The average Bonchev–Trinajstić information content (AvgIpc) is 2.62. The van der Waals surface area contributed by atoms with Gasteiger partial charge in [0.15, 0.2) is 17.1 Å². The van der Waals surface area contributed by atoms with Gasteiger partial charge in [0.25, 0.3) is 0 Å². The van der Waals surface area contributed by atoms with Crippen molar-refractivity contribution in [3.63, 3.8) is 0 Å². The van der Waals surface area contributed by atoms with Gasteiger partial charge in [-0.15, -0.1) is 0 Å². The summed E-state index contributed by atoms with van der Waals surface area (Å²) >= 11 is 0. The molecule has 2 heterocycles. The van der Waals surface area contributed by atoms with E-state index in [9.17, 15) is 9.90 Å². The number of phenols is 1. The molecule has 0 saturated heterocycles. The van der Waals surface area contributed by atoms with Crippen molar-refractivity contribution in [3.05, 3.63) is 42.2 Å². The van der Waals surface area contributed by atoms with E-state index in [0.29, 0.717) is 34.8 Å². The van der Waals surface area contributed by atoms with Crippen LogP contribution in [0.5, 0.6) is 11.5 Å². The molecule has 0 aliphatic heterocycles. The number of methoxy groups -OCH3 is 1. The molecule has 7 heteroatoms. The Hall–Kier alpha value is -3.22. The summed E-state index contributed by atoms with van der Waals surface area (Å²) in [6, 6.07) is 8.65. The zero-order chi connectivity index (χ0) is 17.8. The van der Waals surface area contributed by atoms with Crippen LogP contribution in [0.1, 0.15) is 12.6 Å². The molecular weight excluding hydrogens is 320 g/mol. The maximum Gasteiger partial charge on any atom is 0.226 e. The van der Waals surface area contributed by atoms with Crippen LogP contribution in [0.15, 0.2) is 36.5 Å². The first kappa shape index (κ1) is 16.6. The van der Waals surface area contributed by atoms with E-state index in [2.05, 4.69) is 20.3 Å². The Morgan fingerprint density at radius 2 is 2.08 bits per heavy atom. The van der Waals surface area contributed by atoms with Gasteiger partial charge in [0.2, 0.25) is 5.91 Å². The van der Waals surface area contributed by atoms with Crippen molar-refractivity contribution in [1.82, 2.24) is 20.3 Å². The van der Waals surface area contributed by atoms with Gasteiger partial charge >= 0.3 is 0 Å². The number of rotatable bonds is 5. The number of carbonyl (C=O) groups is 1. The van der Waals surface area contributed by atoms with Crippen LogP contribution in [0.4, 0.5) is 0 Å². The summed E-state index contributed by atoms with van der Waals surface area (Å²) in [6.45, 7) is 2.45. The van der Waals surface area contributed by atoms with Crippen molar-refractivity contribution in [2.24, 2.45) is 0 Å². The Morgan fingerprint density at radius 1 is 1.24 bits per heavy atom. The predicted octanol–water partition coefficient (Wildman–Crippen LogP) is 2.08. The second kappa shape index (κ2) is 7.12. The maximum atomic E-state index is 11.6. The Morgan fingerprint density at radius 3 is 2.84 bits per heavy atom. The largest absolute Gasteiger partial charge is 0.504 e. The van der Waals surface area contributed by atoms with Crippen molar-refractivity contribution < 1.29 is 14.6 Å². The highest BCUT2D eigenvalue weighted by molar-refractivity contribution is 5.79. The third-order valence-corrected chi connectivity index (χ3v) is 3.65. The molecule has 1 aromatic carbocycles. The van der Waals surface area contributed by atoms with Crippen LogP contribution in [0.3, 0.4) is 0 Å². The number of aromatic nitrogens is 3. The maximum absolute atomic E-state index is 11.6. The number of pyridine rings is 1. The van der Waals surface area contributed by atoms with Gasteiger partial charge < -0.3 is 15.2 Å². The normalized spacial score (nSPS) is 10.6. The van der Waals surface area contributed by atoms with Crippen molar-refractivity contribution in [3.8, 4) is 22.8 Å². The van der Waals surface area contributed by atoms with E-state index in [4.69, 9.17) is 4.74 Å². The topological polar surface area (TPSA) is 97.2 Å². The van der Waals surface area contributed by atoms with Crippen LogP contribution in [-0.2, 0) is 11.2 Å². The van der Waals surface area contributed by atoms with Crippen LogP contribution >= 0.6 is 0 Å². The lowest BCUT2D eigenvalue weighted by Crippen LogP contribution is -2.24. The van der Waals surface area contributed by atoms with Gasteiger partial charge in [-0.1, -0.05) is 0 Å². The lowest BCUT2D eigenvalue weighted by Gasteiger charge is -2.07. The number of aromatic hydroxyl groups is 1. The fourth-order valence-corrected chi connectivity index (χ4v) is 2.45. The number of likely N-dealkylation sites (N-methyl/N-ethyl adjacent to an activating group) is 1. The second-order valence-electron chi connectivity index (χ2n) is 5.42. The molecule has 0 bridgehead atoms. The molecule has 0 radical (unpaired) electrons. The van der Waals surface area contributed by atoms with Gasteiger partial charge in [0.05, 0.1) is 31.1 Å². The van der Waals surface area contributed by atoms with E-state index >= 15 is 0 Å². The van der Waals surface area contributed by atoms with Crippen molar-refractivity contribution in [1.29, 1.82) is 0 Å². The summed E-state index contributed by atoms with van der Waals surface area (Å²) in [5.74, 6) is 0.363. The molecule has 0 aliphatic carbocycles. The Kier molecular flexibility index (Phi) is 4.74. The number of nitrogens with zero attached hydrogens (tertiary/aromatic N) is 3. The highest BCUT2D eigenvalue weighted by Crippen LogP contribution is 2.31. The highest BCUT2D eigenvalue weighted by Gasteiger charge is 2.09. The van der Waals surface area contributed by atoms with E-state index in [1.165, 1.54) is 7.11 Å². The van der Waals surface area contributed by atoms with Crippen LogP contribution in [0.25, 0.3) is 22.4 Å². The van der Waals surface area contributed by atoms with E-state index in [0.717, 1.165) is 5.56 Å². The predicted molar refractivity (Wildman–Crippen MR) is 93.4 cm³/mol. The lowest BCUT2D eigenvalue weighted by molar-refractivity contribution is -0.120. The monoisotopic (exact) mass is 338 g/mol. The standard InChI is InChI=1S/C18H18N4O3/c1-3-19-17(24)9-12-10-20-18-14(21-12)6-5-13(22-18)11-4-7-15(23)16(8-11)25-2/h4-8,10,23H,3,9H2,1-2H3,(H,19,24). The Labute approximate surface area is 144 Å². The Bertz CT molecular complexity index is 927. The number of ether oxygens (including phenoxy) is 1. The molecule has 0 aliphatic rings. The number of benzene rings is 1. The number of amides is 1. The van der Waals surface area contributed by atoms with Crippen LogP contribution in [0.2, 0.25) is 0 Å². The molecule has 1 amide bonds. The lowest BCUT2D eigenvalue weighted by atomic mass is 10.1. The highest BCUT2D eigenvalue weighted by atomic mass is 16.5. The molecule has 3 aromatic rings. The second-order valence-corrected chi connectivity index (χ2v) is 5.42. The summed E-state index contributed by atoms with van der Waals surface area (Å²) in [6.07, 6.45) is 1.75. The first-order valence-corrected chi connectivity index (χ1v) is 7.87. The zero-order valence-electron chi connectivity index (χ0n) is 14.0. The molecule has 0 saturated carbocycles. The first-order valence-electron chi connectivity index (χ1n) is 7.87. The van der Waals surface area contributed by atoms with Gasteiger partial charge in [-0.05, 0) is 37.3 Å². The minimum absolute atomic E-state index is 0.0711. The zero-order valence-corrected chi connectivity index (χ0v) is 14.0. The minimum Gasteiger partial charge on any atom is -0.504 e. The third kappa shape index (κ3) is 3.65. The molecule has 3 rings (SSSR count).